The van der Waals surface area contributed by atoms with Gasteiger partial charge >= 0.3 is 7.82 Å². The highest BCUT2D eigenvalue weighted by Gasteiger charge is 2.39. The van der Waals surface area contributed by atoms with Crippen molar-refractivity contribution in [3.05, 3.63) is 359 Å². The first-order valence-corrected chi connectivity index (χ1v) is 39.0. The standard InChI is InChI=1S/C96H66N3O13P/c100-113(110-79-52-73(97-70-49-85-82(46-67(70)79)101-55-104-85)94-88(43-61-28-13-4-14-29-61)107-76-37-19-34-64(91(76)94)40-58-22-7-1-8-23-58,111-80-53-74(98-71-50-86-83(47-68(71)80)102-56-105-86)95-89(44-62-30-15-5-16-31-62)108-77-38-20-35-65(92(77)95)41-59-24-9-2-10-25-59)112-81-54-75(99-72-51-87-84(48-69(72)81)103-57-106-87)96-90(45-63-32-17-6-18-33-63)109-78-39-21-36-66(93(78)96)42-60-26-11-3-12-27-60/h1-39,46-54H,40-45,55-57H2. The van der Waals surface area contributed by atoms with Crippen molar-refractivity contribution in [1.29, 1.82) is 0 Å². The van der Waals surface area contributed by atoms with Crippen LogP contribution < -0.4 is 42.0 Å². The summed E-state index contributed by atoms with van der Waals surface area (Å²) in [5.74, 6) is 4.66. The molecular weight excluding hydrogens is 1430 g/mol. The van der Waals surface area contributed by atoms with Gasteiger partial charge in [0.2, 0.25) is 20.4 Å². The first-order valence-electron chi connectivity index (χ1n) is 37.5. The van der Waals surface area contributed by atoms with Crippen molar-refractivity contribution in [1.82, 2.24) is 15.0 Å². The molecule has 0 radical (unpaired) electrons. The third-order valence-corrected chi connectivity index (χ3v) is 22.4. The van der Waals surface area contributed by atoms with E-state index in [4.69, 9.17) is 70.2 Å². The quantitative estimate of drug-likeness (QED) is 0.0620. The first-order chi connectivity index (χ1) is 55.7. The van der Waals surface area contributed by atoms with Crippen LogP contribution >= 0.6 is 7.82 Å². The summed E-state index contributed by atoms with van der Waals surface area (Å²) in [7, 11) is -5.43. The van der Waals surface area contributed by atoms with Gasteiger partial charge in [-0.3, -0.25) is 0 Å². The molecule has 12 aromatic carbocycles. The third-order valence-electron chi connectivity index (χ3n) is 21.2. The lowest BCUT2D eigenvalue weighted by atomic mass is 9.95. The molecule has 3 aliphatic heterocycles. The number of hydrogen-bond donors (Lipinski definition) is 0. The largest absolute Gasteiger partial charge is 0.647 e. The fraction of sp³-hybridized carbons (Fsp3) is 0.0938. The second kappa shape index (κ2) is 28.1. The molecule has 3 aliphatic rings. The van der Waals surface area contributed by atoms with E-state index in [9.17, 15) is 0 Å². The zero-order valence-electron chi connectivity index (χ0n) is 60.7. The number of aromatic nitrogens is 3. The van der Waals surface area contributed by atoms with Crippen LogP contribution in [0.4, 0.5) is 0 Å². The van der Waals surface area contributed by atoms with Crippen LogP contribution in [-0.2, 0) is 43.1 Å². The summed E-state index contributed by atoms with van der Waals surface area (Å²) in [4.78, 5) is 16.6. The summed E-state index contributed by atoms with van der Waals surface area (Å²) in [5, 5.41) is 3.70. The lowest BCUT2D eigenvalue weighted by molar-refractivity contribution is 0.173. The molecule has 0 saturated heterocycles. The fourth-order valence-electron chi connectivity index (χ4n) is 16.0. The fourth-order valence-corrected chi connectivity index (χ4v) is 17.3. The number of hydrogen-bond acceptors (Lipinski definition) is 16. The number of pyridine rings is 3. The Hall–Kier alpha value is -14.1. The van der Waals surface area contributed by atoms with Gasteiger partial charge in [-0.15, -0.1) is 0 Å². The molecule has 0 N–H and O–H groups in total. The number of rotatable bonds is 21. The van der Waals surface area contributed by atoms with Gasteiger partial charge in [0.15, 0.2) is 34.5 Å². The maximum absolute atomic E-state index is 18.3. The average molecular weight is 1500 g/mol. The van der Waals surface area contributed by atoms with E-state index in [1.54, 1.807) is 36.4 Å². The molecule has 0 fully saturated rings. The molecule has 9 heterocycles. The van der Waals surface area contributed by atoms with E-state index in [1.807, 2.05) is 164 Å². The zero-order chi connectivity index (χ0) is 74.9. The average Bonchev–Trinajstić information content (AvgIpc) is 1.54. The molecule has 0 atom stereocenters. The van der Waals surface area contributed by atoms with E-state index in [1.165, 1.54) is 0 Å². The third kappa shape index (κ3) is 12.8. The second-order valence-corrected chi connectivity index (χ2v) is 29.9. The van der Waals surface area contributed by atoms with Crippen LogP contribution in [-0.4, -0.2) is 35.3 Å². The molecule has 16 nitrogen and oxygen atoms in total. The molecule has 0 unspecified atom stereocenters. The Bertz CT molecular complexity index is 6150. The minimum atomic E-state index is -5.43. The van der Waals surface area contributed by atoms with Crippen LogP contribution in [0, 0.1) is 0 Å². The van der Waals surface area contributed by atoms with Gasteiger partial charge in [-0.25, -0.2) is 15.0 Å². The van der Waals surface area contributed by atoms with E-state index in [-0.39, 0.29) is 37.6 Å². The van der Waals surface area contributed by atoms with Gasteiger partial charge in [-0.05, 0) is 106 Å². The van der Waals surface area contributed by atoms with Crippen molar-refractivity contribution in [2.24, 2.45) is 0 Å². The maximum Gasteiger partial charge on any atom is 0.647 e. The predicted molar refractivity (Wildman–Crippen MR) is 434 cm³/mol. The molecule has 18 aromatic rings. The Morgan fingerprint density at radius 2 is 0.522 bits per heavy atom. The van der Waals surface area contributed by atoms with Gasteiger partial charge in [0.25, 0.3) is 0 Å². The summed E-state index contributed by atoms with van der Waals surface area (Å²) in [6, 6.07) is 96.0. The van der Waals surface area contributed by atoms with Crippen LogP contribution in [0.5, 0.6) is 51.7 Å². The minimum Gasteiger partial charge on any atom is -0.460 e. The highest BCUT2D eigenvalue weighted by atomic mass is 31.2. The van der Waals surface area contributed by atoms with Gasteiger partial charge < -0.3 is 55.2 Å². The molecule has 0 aliphatic carbocycles. The monoisotopic (exact) mass is 1500 g/mol. The summed E-state index contributed by atoms with van der Waals surface area (Å²) >= 11 is 0. The van der Waals surface area contributed by atoms with Crippen molar-refractivity contribution < 1.29 is 59.8 Å². The Kier molecular flexibility index (Phi) is 16.7. The lowest BCUT2D eigenvalue weighted by Crippen LogP contribution is -2.10. The Morgan fingerprint density at radius 1 is 0.274 bits per heavy atom. The number of phosphoric acid groups is 1. The van der Waals surface area contributed by atoms with E-state index >= 15 is 4.57 Å². The highest BCUT2D eigenvalue weighted by Crippen LogP contribution is 2.58. The summed E-state index contributed by atoms with van der Waals surface area (Å²) in [6.07, 6.45) is 2.88. The van der Waals surface area contributed by atoms with E-state index in [0.717, 1.165) is 66.2 Å². The smallest absolute Gasteiger partial charge is 0.460 e. The molecule has 0 amide bonds. The Morgan fingerprint density at radius 3 is 0.788 bits per heavy atom. The summed E-state index contributed by atoms with van der Waals surface area (Å²) in [6.45, 7) is -0.163. The van der Waals surface area contributed by atoms with Gasteiger partial charge in [0.05, 0.1) is 50.3 Å². The van der Waals surface area contributed by atoms with Crippen LogP contribution in [0.2, 0.25) is 0 Å². The Labute approximate surface area is 647 Å². The number of phosphoric ester groups is 1. The summed E-state index contributed by atoms with van der Waals surface area (Å²) in [5.41, 5.74) is 15.9. The van der Waals surface area contributed by atoms with E-state index in [2.05, 4.69) is 91.0 Å². The normalized spacial score (nSPS) is 12.8. The van der Waals surface area contributed by atoms with Gasteiger partial charge in [-0.2, -0.15) is 4.57 Å². The SMILES string of the molecule is O=P(Oc1cc(-c2c(Cc3ccccc3)oc3cccc(Cc4ccccc4)c23)nc2cc3c(cc12)OCO3)(Oc1cc(-c2c(Cc3ccccc3)oc3cccc(Cc4ccccc4)c23)nc2cc3c(cc12)OCO3)Oc1cc(-c2c(Cc3ccccc3)oc3cccc(Cc4ccccc4)c23)nc2cc3c(cc12)OCO3. The molecule has 0 saturated carbocycles. The highest BCUT2D eigenvalue weighted by molar-refractivity contribution is 7.49. The molecule has 0 spiro atoms. The number of benzene rings is 12. The molecular formula is C96H66N3O13P. The van der Waals surface area contributed by atoms with Gasteiger partial charge in [-0.1, -0.05) is 218 Å². The zero-order valence-corrected chi connectivity index (χ0v) is 61.6. The van der Waals surface area contributed by atoms with Gasteiger partial charge in [0.1, 0.15) is 51.3 Å². The van der Waals surface area contributed by atoms with Crippen LogP contribution in [0.15, 0.2) is 304 Å². The molecule has 17 heteroatoms. The molecule has 21 rings (SSSR count). The molecule has 6 aromatic heterocycles. The number of furan rings is 3. The number of ether oxygens (including phenoxy) is 6. The summed E-state index contributed by atoms with van der Waals surface area (Å²) < 4.78 is 99.1. The van der Waals surface area contributed by atoms with Crippen molar-refractivity contribution >= 4 is 73.4 Å². The van der Waals surface area contributed by atoms with Crippen molar-refractivity contribution in [2.75, 3.05) is 20.4 Å². The number of nitrogens with zero attached hydrogens (tertiary/aromatic N) is 3. The molecule has 548 valence electrons. The van der Waals surface area contributed by atoms with Crippen molar-refractivity contribution in [3.63, 3.8) is 0 Å². The van der Waals surface area contributed by atoms with Crippen LogP contribution in [0.1, 0.15) is 67.4 Å². The van der Waals surface area contributed by atoms with Gasteiger partial charge in [0, 0.05) is 88.0 Å². The van der Waals surface area contributed by atoms with Crippen LogP contribution in [0.3, 0.4) is 0 Å². The minimum absolute atomic E-state index is 0.0488. The lowest BCUT2D eigenvalue weighted by Gasteiger charge is -2.23. The first kappa shape index (κ1) is 67.1. The molecule has 113 heavy (non-hydrogen) atoms. The van der Waals surface area contributed by atoms with Crippen LogP contribution in [0.25, 0.3) is 99.4 Å². The van der Waals surface area contributed by atoms with Crippen molar-refractivity contribution in [3.8, 4) is 85.5 Å². The van der Waals surface area contributed by atoms with E-state index < -0.39 is 7.82 Å². The maximum atomic E-state index is 18.3. The second-order valence-electron chi connectivity index (χ2n) is 28.5. The number of fused-ring (bicyclic) bond motifs is 9. The molecule has 0 bridgehead atoms. The van der Waals surface area contributed by atoms with Crippen molar-refractivity contribution in [2.45, 2.75) is 38.5 Å². The topological polar surface area (TPSA) is 178 Å². The Balaban J connectivity index is 0.818. The predicted octanol–water partition coefficient (Wildman–Crippen LogP) is 22.9. The van der Waals surface area contributed by atoms with E-state index in [0.29, 0.717) is 174 Å².